The molecule has 0 fully saturated rings. The second-order valence-electron chi connectivity index (χ2n) is 7.14. The van der Waals surface area contributed by atoms with Crippen molar-refractivity contribution in [3.63, 3.8) is 0 Å². The second kappa shape index (κ2) is 10.1. The van der Waals surface area contributed by atoms with E-state index in [0.29, 0.717) is 12.2 Å². The molecule has 8 heteroatoms. The molecular formula is C20H26N4O3S. The SMILES string of the molecule is CSCC[C@H](NC(=O)OC(C)(C)C)C(=O)NN=Cc1cccc2cccnc12. The predicted molar refractivity (Wildman–Crippen MR) is 114 cm³/mol. The quantitative estimate of drug-likeness (QED) is 0.547. The zero-order valence-electron chi connectivity index (χ0n) is 16.6. The third kappa shape index (κ3) is 6.84. The van der Waals surface area contributed by atoms with Gasteiger partial charge < -0.3 is 10.1 Å². The van der Waals surface area contributed by atoms with Crippen molar-refractivity contribution in [2.75, 3.05) is 12.0 Å². The van der Waals surface area contributed by atoms with Crippen LogP contribution in [-0.4, -0.2) is 46.9 Å². The van der Waals surface area contributed by atoms with E-state index in [-0.39, 0.29) is 0 Å². The number of hydrogen-bond acceptors (Lipinski definition) is 6. The maximum Gasteiger partial charge on any atom is 0.408 e. The Morgan fingerprint density at radius 1 is 1.29 bits per heavy atom. The molecule has 2 N–H and O–H groups in total. The van der Waals surface area contributed by atoms with E-state index in [4.69, 9.17) is 4.74 Å². The lowest BCUT2D eigenvalue weighted by molar-refractivity contribution is -0.123. The standard InChI is InChI=1S/C20H26N4O3S/c1-20(2,3)27-19(26)23-16(10-12-28-4)18(25)24-22-13-15-8-5-7-14-9-6-11-21-17(14)15/h5-9,11,13,16H,10,12H2,1-4H3,(H,23,26)(H,24,25)/t16-/m0/s1. The predicted octanol–water partition coefficient (Wildman–Crippen LogP) is 3.33. The fourth-order valence-electron chi connectivity index (χ4n) is 2.43. The number of para-hydroxylation sites is 1. The Bertz CT molecular complexity index is 843. The van der Waals surface area contributed by atoms with E-state index in [1.807, 2.05) is 36.6 Å². The highest BCUT2D eigenvalue weighted by Gasteiger charge is 2.23. The van der Waals surface area contributed by atoms with E-state index >= 15 is 0 Å². The third-order valence-corrected chi connectivity index (χ3v) is 4.30. The first-order valence-corrected chi connectivity index (χ1v) is 10.3. The molecule has 1 aromatic carbocycles. The van der Waals surface area contributed by atoms with Crippen LogP contribution in [-0.2, 0) is 9.53 Å². The molecule has 0 spiro atoms. The van der Waals surface area contributed by atoms with Gasteiger partial charge in [-0.1, -0.05) is 24.3 Å². The average Bonchev–Trinajstić information content (AvgIpc) is 2.63. The first-order chi connectivity index (χ1) is 13.3. The van der Waals surface area contributed by atoms with Crippen molar-refractivity contribution in [3.8, 4) is 0 Å². The summed E-state index contributed by atoms with van der Waals surface area (Å²) < 4.78 is 5.24. The Morgan fingerprint density at radius 2 is 2.04 bits per heavy atom. The van der Waals surface area contributed by atoms with Gasteiger partial charge in [0, 0.05) is 17.1 Å². The third-order valence-electron chi connectivity index (χ3n) is 3.66. The number of benzene rings is 1. The number of hydrogen-bond donors (Lipinski definition) is 2. The van der Waals surface area contributed by atoms with Gasteiger partial charge in [-0.05, 0) is 45.3 Å². The Labute approximate surface area is 169 Å². The largest absolute Gasteiger partial charge is 0.444 e. The number of aromatic nitrogens is 1. The summed E-state index contributed by atoms with van der Waals surface area (Å²) in [6, 6.07) is 8.82. The monoisotopic (exact) mass is 402 g/mol. The van der Waals surface area contributed by atoms with Crippen molar-refractivity contribution in [2.45, 2.75) is 38.8 Å². The molecule has 1 aromatic heterocycles. The Morgan fingerprint density at radius 3 is 2.75 bits per heavy atom. The van der Waals surface area contributed by atoms with Gasteiger partial charge in [0.25, 0.3) is 5.91 Å². The molecule has 0 aliphatic heterocycles. The molecule has 0 unspecified atom stereocenters. The zero-order valence-corrected chi connectivity index (χ0v) is 17.4. The Hall–Kier alpha value is -2.61. The van der Waals surface area contributed by atoms with Gasteiger partial charge in [-0.25, -0.2) is 10.2 Å². The highest BCUT2D eigenvalue weighted by atomic mass is 32.2. The van der Waals surface area contributed by atoms with Crippen molar-refractivity contribution in [1.29, 1.82) is 0 Å². The zero-order chi connectivity index (χ0) is 20.6. The lowest BCUT2D eigenvalue weighted by atomic mass is 10.1. The van der Waals surface area contributed by atoms with Crippen LogP contribution in [0, 0.1) is 0 Å². The Balaban J connectivity index is 2.03. The van der Waals surface area contributed by atoms with E-state index in [9.17, 15) is 9.59 Å². The number of amides is 2. The lowest BCUT2D eigenvalue weighted by Gasteiger charge is -2.22. The van der Waals surface area contributed by atoms with E-state index in [0.717, 1.165) is 16.5 Å². The highest BCUT2D eigenvalue weighted by Crippen LogP contribution is 2.14. The molecule has 2 rings (SSSR count). The first-order valence-electron chi connectivity index (χ1n) is 8.95. The molecule has 0 aliphatic rings. The van der Waals surface area contributed by atoms with Crippen molar-refractivity contribution in [2.24, 2.45) is 5.10 Å². The van der Waals surface area contributed by atoms with Gasteiger partial charge in [0.15, 0.2) is 0 Å². The van der Waals surface area contributed by atoms with Crippen LogP contribution >= 0.6 is 11.8 Å². The number of hydrazone groups is 1. The minimum Gasteiger partial charge on any atom is -0.444 e. The number of alkyl carbamates (subject to hydrolysis) is 1. The number of pyridine rings is 1. The van der Waals surface area contributed by atoms with Gasteiger partial charge in [-0.3, -0.25) is 9.78 Å². The van der Waals surface area contributed by atoms with Crippen LogP contribution in [0.1, 0.15) is 32.8 Å². The van der Waals surface area contributed by atoms with Crippen molar-refractivity contribution in [3.05, 3.63) is 42.1 Å². The molecule has 2 amide bonds. The lowest BCUT2D eigenvalue weighted by Crippen LogP contribution is -2.47. The maximum absolute atomic E-state index is 12.5. The van der Waals surface area contributed by atoms with Crippen LogP contribution in [0.15, 0.2) is 41.6 Å². The minimum absolute atomic E-state index is 0.399. The van der Waals surface area contributed by atoms with Crippen molar-refractivity contribution >= 4 is 40.9 Å². The maximum atomic E-state index is 12.5. The summed E-state index contributed by atoms with van der Waals surface area (Å²) in [5.41, 5.74) is 3.45. The van der Waals surface area contributed by atoms with Gasteiger partial charge in [0.1, 0.15) is 11.6 Å². The number of nitrogens with one attached hydrogen (secondary N) is 2. The molecule has 0 saturated carbocycles. The van der Waals surface area contributed by atoms with E-state index in [2.05, 4.69) is 20.8 Å². The molecule has 0 radical (unpaired) electrons. The van der Waals surface area contributed by atoms with E-state index in [1.54, 1.807) is 44.9 Å². The molecule has 0 aliphatic carbocycles. The summed E-state index contributed by atoms with van der Waals surface area (Å²) in [5, 5.41) is 7.64. The van der Waals surface area contributed by atoms with Gasteiger partial charge in [0.05, 0.1) is 11.7 Å². The average molecular weight is 403 g/mol. The number of nitrogens with zero attached hydrogens (tertiary/aromatic N) is 2. The molecule has 2 aromatic rings. The molecule has 0 saturated heterocycles. The summed E-state index contributed by atoms with van der Waals surface area (Å²) in [5.74, 6) is 0.314. The minimum atomic E-state index is -0.731. The van der Waals surface area contributed by atoms with Crippen LogP contribution in [0.25, 0.3) is 10.9 Å². The van der Waals surface area contributed by atoms with Crippen molar-refractivity contribution < 1.29 is 14.3 Å². The van der Waals surface area contributed by atoms with E-state index < -0.39 is 23.6 Å². The van der Waals surface area contributed by atoms with Crippen LogP contribution in [0.2, 0.25) is 0 Å². The number of thioether (sulfide) groups is 1. The normalized spacial score (nSPS) is 12.7. The summed E-state index contributed by atoms with van der Waals surface area (Å²) in [7, 11) is 0. The van der Waals surface area contributed by atoms with Gasteiger partial charge >= 0.3 is 6.09 Å². The Kier molecular flexibility index (Phi) is 7.80. The first kappa shape index (κ1) is 21.7. The fraction of sp³-hybridized carbons (Fsp3) is 0.400. The van der Waals surface area contributed by atoms with Gasteiger partial charge in [-0.15, -0.1) is 0 Å². The fourth-order valence-corrected chi connectivity index (χ4v) is 2.90. The number of fused-ring (bicyclic) bond motifs is 1. The van der Waals surface area contributed by atoms with Gasteiger partial charge in [0.2, 0.25) is 0 Å². The molecule has 7 nitrogen and oxygen atoms in total. The van der Waals surface area contributed by atoms with Crippen LogP contribution in [0.3, 0.4) is 0 Å². The number of carbonyl (C=O) groups is 2. The van der Waals surface area contributed by atoms with E-state index in [1.165, 1.54) is 0 Å². The molecule has 1 heterocycles. The summed E-state index contributed by atoms with van der Waals surface area (Å²) in [6.45, 7) is 5.31. The number of carbonyl (C=O) groups excluding carboxylic acids is 2. The molecule has 1 atom stereocenters. The van der Waals surface area contributed by atoms with Crippen LogP contribution in [0.5, 0.6) is 0 Å². The molecular weight excluding hydrogens is 376 g/mol. The summed E-state index contributed by atoms with van der Waals surface area (Å²) in [6.07, 6.45) is 5.04. The second-order valence-corrected chi connectivity index (χ2v) is 8.12. The molecule has 0 bridgehead atoms. The number of ether oxygens (including phenoxy) is 1. The molecule has 150 valence electrons. The topological polar surface area (TPSA) is 92.7 Å². The van der Waals surface area contributed by atoms with Gasteiger partial charge in [-0.2, -0.15) is 16.9 Å². The summed E-state index contributed by atoms with van der Waals surface area (Å²) >= 11 is 1.59. The van der Waals surface area contributed by atoms with Crippen LogP contribution < -0.4 is 10.7 Å². The summed E-state index contributed by atoms with van der Waals surface area (Å²) in [4.78, 5) is 28.8. The number of rotatable bonds is 7. The van der Waals surface area contributed by atoms with Crippen molar-refractivity contribution in [1.82, 2.24) is 15.7 Å². The smallest absolute Gasteiger partial charge is 0.408 e. The highest BCUT2D eigenvalue weighted by molar-refractivity contribution is 7.98. The molecule has 28 heavy (non-hydrogen) atoms. The van der Waals surface area contributed by atoms with Crippen LogP contribution in [0.4, 0.5) is 4.79 Å².